The van der Waals surface area contributed by atoms with Gasteiger partial charge in [-0.3, -0.25) is 0 Å². The highest BCUT2D eigenvalue weighted by atomic mass is 16.5. The molecule has 0 aromatic rings. The second-order valence-electron chi connectivity index (χ2n) is 0.875. The topological polar surface area (TPSA) is 9.23 Å². The van der Waals surface area contributed by atoms with Gasteiger partial charge in [0.05, 0.1) is 7.11 Å². The monoisotopic (exact) mass is 114 g/mol. The summed E-state index contributed by atoms with van der Waals surface area (Å²) in [7, 11) is 1.56. The van der Waals surface area contributed by atoms with E-state index in [4.69, 9.17) is 0 Å². The van der Waals surface area contributed by atoms with Crippen molar-refractivity contribution in [2.45, 2.75) is 13.8 Å². The number of hydrogen-bond donors (Lipinski definition) is 0. The van der Waals surface area contributed by atoms with E-state index in [1.165, 1.54) is 0 Å². The van der Waals surface area contributed by atoms with E-state index < -0.39 is 0 Å². The zero-order chi connectivity index (χ0) is 6.99. The molecule has 48 valence electrons. The van der Waals surface area contributed by atoms with Crippen LogP contribution in [0.25, 0.3) is 0 Å². The van der Waals surface area contributed by atoms with Crippen LogP contribution in [0.5, 0.6) is 0 Å². The highest BCUT2D eigenvalue weighted by molar-refractivity contribution is 5.00. The van der Waals surface area contributed by atoms with E-state index in [0.29, 0.717) is 5.76 Å². The maximum Gasteiger partial charge on any atom is 0.111 e. The molecule has 8 heavy (non-hydrogen) atoms. The van der Waals surface area contributed by atoms with Crippen LogP contribution in [0.2, 0.25) is 0 Å². The van der Waals surface area contributed by atoms with Crippen LogP contribution in [0.15, 0.2) is 25.0 Å². The fourth-order valence-electron chi connectivity index (χ4n) is 0.0833. The van der Waals surface area contributed by atoms with Crippen molar-refractivity contribution in [2.75, 3.05) is 7.11 Å². The van der Waals surface area contributed by atoms with Gasteiger partial charge in [0.2, 0.25) is 0 Å². The van der Waals surface area contributed by atoms with Gasteiger partial charge in [-0.25, -0.2) is 0 Å². The van der Waals surface area contributed by atoms with Crippen LogP contribution in [0.4, 0.5) is 0 Å². The van der Waals surface area contributed by atoms with E-state index in [1.54, 1.807) is 13.2 Å². The lowest BCUT2D eigenvalue weighted by Crippen LogP contribution is -1.73. The Morgan fingerprint density at radius 2 is 1.88 bits per heavy atom. The van der Waals surface area contributed by atoms with Gasteiger partial charge in [0.15, 0.2) is 0 Å². The van der Waals surface area contributed by atoms with Crippen molar-refractivity contribution in [3.63, 3.8) is 0 Å². The molecule has 0 aromatic heterocycles. The molecule has 0 N–H and O–H groups in total. The summed E-state index contributed by atoms with van der Waals surface area (Å²) in [6, 6.07) is 0. The Balaban J connectivity index is 0. The van der Waals surface area contributed by atoms with E-state index in [9.17, 15) is 0 Å². The van der Waals surface area contributed by atoms with Gasteiger partial charge in [-0.15, -0.1) is 0 Å². The fraction of sp³-hybridized carbons (Fsp3) is 0.429. The Morgan fingerprint density at radius 3 is 1.88 bits per heavy atom. The third kappa shape index (κ3) is 8.99. The van der Waals surface area contributed by atoms with E-state index >= 15 is 0 Å². The molecule has 0 rings (SSSR count). The molecular weight excluding hydrogens is 100 g/mol. The van der Waals surface area contributed by atoms with Crippen molar-refractivity contribution >= 4 is 0 Å². The summed E-state index contributed by atoms with van der Waals surface area (Å²) in [5, 5.41) is 0. The normalized spacial score (nSPS) is 5.88. The zero-order valence-corrected chi connectivity index (χ0v) is 5.90. The third-order valence-corrected chi connectivity index (χ3v) is 0.490. The van der Waals surface area contributed by atoms with E-state index in [-0.39, 0.29) is 0 Å². The van der Waals surface area contributed by atoms with Crippen molar-refractivity contribution in [3.8, 4) is 0 Å². The van der Waals surface area contributed by atoms with Crippen LogP contribution < -0.4 is 0 Å². The Morgan fingerprint density at radius 1 is 1.50 bits per heavy atom. The Kier molecular flexibility index (Phi) is 12.3. The summed E-state index contributed by atoms with van der Waals surface area (Å²) in [5.74, 6) is 0.606. The molecule has 0 aromatic carbocycles. The van der Waals surface area contributed by atoms with Gasteiger partial charge in [-0.2, -0.15) is 0 Å². The third-order valence-electron chi connectivity index (χ3n) is 0.490. The molecule has 0 saturated heterocycles. The van der Waals surface area contributed by atoms with Gasteiger partial charge in [-0.05, 0) is 6.08 Å². The quantitative estimate of drug-likeness (QED) is 0.395. The minimum absolute atomic E-state index is 0.606. The van der Waals surface area contributed by atoms with E-state index in [0.717, 1.165) is 0 Å². The first-order valence-corrected chi connectivity index (χ1v) is 2.66. The van der Waals surface area contributed by atoms with Crippen LogP contribution in [0.3, 0.4) is 0 Å². The molecule has 0 aliphatic carbocycles. The lowest BCUT2D eigenvalue weighted by atomic mass is 10.6. The predicted molar refractivity (Wildman–Crippen MR) is 37.7 cm³/mol. The molecule has 0 aliphatic heterocycles. The SMILES string of the molecule is C=CC(=C)OC.CC. The number of rotatable bonds is 2. The largest absolute Gasteiger partial charge is 0.497 e. The van der Waals surface area contributed by atoms with Crippen molar-refractivity contribution in [3.05, 3.63) is 25.0 Å². The van der Waals surface area contributed by atoms with E-state index in [1.807, 2.05) is 13.8 Å². The molecule has 0 heterocycles. The minimum atomic E-state index is 0.606. The first kappa shape index (κ1) is 10.3. The number of hydrogen-bond acceptors (Lipinski definition) is 1. The first-order chi connectivity index (χ1) is 3.81. The maximum absolute atomic E-state index is 4.59. The highest BCUT2D eigenvalue weighted by Crippen LogP contribution is 1.86. The zero-order valence-electron chi connectivity index (χ0n) is 5.90. The Hall–Kier alpha value is -0.720. The lowest BCUT2D eigenvalue weighted by Gasteiger charge is -1.90. The molecule has 0 saturated carbocycles. The molecule has 0 amide bonds. The van der Waals surface area contributed by atoms with Gasteiger partial charge < -0.3 is 4.74 Å². The molecule has 0 spiro atoms. The maximum atomic E-state index is 4.59. The molecule has 1 heteroatoms. The number of ether oxygens (including phenoxy) is 1. The van der Waals surface area contributed by atoms with E-state index in [2.05, 4.69) is 17.9 Å². The average molecular weight is 114 g/mol. The number of allylic oxidation sites excluding steroid dienone is 1. The summed E-state index contributed by atoms with van der Waals surface area (Å²) < 4.78 is 4.59. The summed E-state index contributed by atoms with van der Waals surface area (Å²) in [6.45, 7) is 10.9. The molecule has 0 aliphatic rings. The van der Waals surface area contributed by atoms with Crippen LogP contribution in [0.1, 0.15) is 13.8 Å². The van der Waals surface area contributed by atoms with Crippen LogP contribution in [0, 0.1) is 0 Å². The van der Waals surface area contributed by atoms with Crippen LogP contribution in [-0.4, -0.2) is 7.11 Å². The summed E-state index contributed by atoms with van der Waals surface area (Å²) in [5.41, 5.74) is 0. The molecule has 0 unspecified atom stereocenters. The van der Waals surface area contributed by atoms with Crippen LogP contribution >= 0.6 is 0 Å². The number of methoxy groups -OCH3 is 1. The van der Waals surface area contributed by atoms with Gasteiger partial charge in [0.25, 0.3) is 0 Å². The Labute approximate surface area is 51.7 Å². The van der Waals surface area contributed by atoms with Crippen molar-refractivity contribution in [1.82, 2.24) is 0 Å². The fourth-order valence-corrected chi connectivity index (χ4v) is 0.0833. The molecule has 1 nitrogen and oxygen atoms in total. The molecule has 0 radical (unpaired) electrons. The molecule has 0 atom stereocenters. The van der Waals surface area contributed by atoms with Gasteiger partial charge in [-0.1, -0.05) is 27.0 Å². The Bertz CT molecular complexity index is 64.8. The molecular formula is C7H14O. The van der Waals surface area contributed by atoms with Crippen LogP contribution in [-0.2, 0) is 4.74 Å². The summed E-state index contributed by atoms with van der Waals surface area (Å²) in [6.07, 6.45) is 1.56. The smallest absolute Gasteiger partial charge is 0.111 e. The van der Waals surface area contributed by atoms with Gasteiger partial charge >= 0.3 is 0 Å². The van der Waals surface area contributed by atoms with Gasteiger partial charge in [0, 0.05) is 0 Å². The summed E-state index contributed by atoms with van der Waals surface area (Å²) in [4.78, 5) is 0. The summed E-state index contributed by atoms with van der Waals surface area (Å²) >= 11 is 0. The highest BCUT2D eigenvalue weighted by Gasteiger charge is 1.71. The second-order valence-corrected chi connectivity index (χ2v) is 0.875. The second kappa shape index (κ2) is 9.56. The van der Waals surface area contributed by atoms with Crippen molar-refractivity contribution in [1.29, 1.82) is 0 Å². The average Bonchev–Trinajstić information content (AvgIpc) is 1.91. The first-order valence-electron chi connectivity index (χ1n) is 2.66. The standard InChI is InChI=1S/C5H8O.C2H6/c1-4-5(2)6-3;1-2/h4H,1-2H2,3H3;1-2H3. The molecule has 0 fully saturated rings. The molecule has 0 bridgehead atoms. The minimum Gasteiger partial charge on any atom is -0.497 e. The predicted octanol–water partition coefficient (Wildman–Crippen LogP) is 2.36. The van der Waals surface area contributed by atoms with Crippen molar-refractivity contribution in [2.24, 2.45) is 0 Å². The van der Waals surface area contributed by atoms with Crippen molar-refractivity contribution < 1.29 is 4.74 Å². The lowest BCUT2D eigenvalue weighted by molar-refractivity contribution is 0.309. The van der Waals surface area contributed by atoms with Gasteiger partial charge in [0.1, 0.15) is 5.76 Å².